The molecule has 0 aliphatic carbocycles. The second-order valence-electron chi connectivity index (χ2n) is 5.34. The van der Waals surface area contributed by atoms with Crippen molar-refractivity contribution in [2.75, 3.05) is 26.7 Å². The average molecular weight is 168 g/mol. The summed E-state index contributed by atoms with van der Waals surface area (Å²) in [6.07, 6.45) is 0. The molecule has 0 aromatic heterocycles. The van der Waals surface area contributed by atoms with Crippen LogP contribution in [0, 0.1) is 5.92 Å². The van der Waals surface area contributed by atoms with Gasteiger partial charge in [-0.15, -0.1) is 0 Å². The molecule has 2 fully saturated rings. The van der Waals surface area contributed by atoms with Crippen molar-refractivity contribution < 1.29 is 0 Å². The van der Waals surface area contributed by atoms with Crippen LogP contribution in [0.3, 0.4) is 0 Å². The number of rotatable bonds is 0. The molecule has 0 spiro atoms. The van der Waals surface area contributed by atoms with Crippen molar-refractivity contribution in [1.29, 1.82) is 0 Å². The second-order valence-corrected chi connectivity index (χ2v) is 5.34. The Morgan fingerprint density at radius 2 is 1.75 bits per heavy atom. The highest BCUT2D eigenvalue weighted by atomic mass is 15.3. The summed E-state index contributed by atoms with van der Waals surface area (Å²) in [6.45, 7) is 10.9. The topological polar surface area (TPSA) is 6.48 Å². The number of nitrogens with zero attached hydrogens (tertiary/aromatic N) is 2. The number of hydrogen-bond donors (Lipinski definition) is 0. The summed E-state index contributed by atoms with van der Waals surface area (Å²) in [5.74, 6) is 0.967. The summed E-state index contributed by atoms with van der Waals surface area (Å²) in [6, 6.07) is 0.865. The Bertz CT molecular complexity index is 183. The molecule has 2 heterocycles. The van der Waals surface area contributed by atoms with Crippen molar-refractivity contribution in [2.45, 2.75) is 32.4 Å². The van der Waals surface area contributed by atoms with Crippen LogP contribution in [0.2, 0.25) is 0 Å². The van der Waals surface area contributed by atoms with Crippen LogP contribution in [0.5, 0.6) is 0 Å². The number of fused-ring (bicyclic) bond motifs is 1. The Kier molecular flexibility index (Phi) is 1.74. The first-order valence-corrected chi connectivity index (χ1v) is 4.94. The van der Waals surface area contributed by atoms with E-state index < -0.39 is 0 Å². The Morgan fingerprint density at radius 3 is 2.17 bits per heavy atom. The van der Waals surface area contributed by atoms with Gasteiger partial charge in [0.1, 0.15) is 0 Å². The molecule has 12 heavy (non-hydrogen) atoms. The minimum Gasteiger partial charge on any atom is -0.301 e. The molecule has 0 saturated carbocycles. The zero-order valence-corrected chi connectivity index (χ0v) is 8.67. The van der Waals surface area contributed by atoms with E-state index in [0.29, 0.717) is 5.54 Å². The maximum atomic E-state index is 2.62. The van der Waals surface area contributed by atoms with Gasteiger partial charge in [0, 0.05) is 37.1 Å². The molecule has 0 amide bonds. The lowest BCUT2D eigenvalue weighted by molar-refractivity contribution is 0.0822. The Balaban J connectivity index is 1.99. The van der Waals surface area contributed by atoms with Crippen molar-refractivity contribution >= 4 is 0 Å². The lowest BCUT2D eigenvalue weighted by Gasteiger charge is -2.40. The first kappa shape index (κ1) is 8.52. The summed E-state index contributed by atoms with van der Waals surface area (Å²) in [4.78, 5) is 5.10. The van der Waals surface area contributed by atoms with Crippen molar-refractivity contribution in [3.05, 3.63) is 0 Å². The first-order chi connectivity index (χ1) is 5.48. The van der Waals surface area contributed by atoms with Gasteiger partial charge in [-0.05, 0) is 27.8 Å². The summed E-state index contributed by atoms with van der Waals surface area (Å²) < 4.78 is 0. The average Bonchev–Trinajstić information content (AvgIpc) is 2.24. The van der Waals surface area contributed by atoms with Crippen LogP contribution >= 0.6 is 0 Å². The molecule has 0 N–H and O–H groups in total. The van der Waals surface area contributed by atoms with E-state index in [-0.39, 0.29) is 0 Å². The van der Waals surface area contributed by atoms with Gasteiger partial charge in [0.05, 0.1) is 0 Å². The normalized spacial score (nSPS) is 38.0. The van der Waals surface area contributed by atoms with Crippen LogP contribution in [-0.2, 0) is 0 Å². The molecule has 70 valence electrons. The minimum atomic E-state index is 0.373. The Hall–Kier alpha value is -0.0800. The monoisotopic (exact) mass is 168 g/mol. The van der Waals surface area contributed by atoms with Crippen molar-refractivity contribution in [3.8, 4) is 0 Å². The van der Waals surface area contributed by atoms with Crippen molar-refractivity contribution in [2.24, 2.45) is 5.92 Å². The second kappa shape index (κ2) is 2.46. The molecule has 0 aromatic carbocycles. The molecule has 2 aliphatic heterocycles. The summed E-state index contributed by atoms with van der Waals surface area (Å²) in [7, 11) is 2.24. The first-order valence-electron chi connectivity index (χ1n) is 4.94. The standard InChI is InChI=1S/C10H20N2/c1-10(2,3)12-6-8-5-11(4)9(8)7-12/h8-9H,5-7H2,1-4H3/t8-,9+/m1/s1. The van der Waals surface area contributed by atoms with Gasteiger partial charge in [-0.1, -0.05) is 0 Å². The fraction of sp³-hybridized carbons (Fsp3) is 1.00. The van der Waals surface area contributed by atoms with Gasteiger partial charge in [-0.25, -0.2) is 0 Å². The molecular weight excluding hydrogens is 148 g/mol. The minimum absolute atomic E-state index is 0.373. The zero-order chi connectivity index (χ0) is 8.93. The maximum absolute atomic E-state index is 2.62. The van der Waals surface area contributed by atoms with E-state index in [9.17, 15) is 0 Å². The van der Waals surface area contributed by atoms with Gasteiger partial charge in [-0.2, -0.15) is 0 Å². The number of likely N-dealkylation sites (N-methyl/N-ethyl adjacent to an activating group) is 1. The molecular formula is C10H20N2. The third-order valence-corrected chi connectivity index (χ3v) is 3.44. The van der Waals surface area contributed by atoms with E-state index in [2.05, 4.69) is 37.6 Å². The van der Waals surface area contributed by atoms with Crippen molar-refractivity contribution in [1.82, 2.24) is 9.80 Å². The van der Waals surface area contributed by atoms with Crippen LogP contribution in [0.25, 0.3) is 0 Å². The molecule has 0 unspecified atom stereocenters. The van der Waals surface area contributed by atoms with Crippen LogP contribution in [0.15, 0.2) is 0 Å². The molecule has 2 atom stereocenters. The largest absolute Gasteiger partial charge is 0.301 e. The van der Waals surface area contributed by atoms with E-state index >= 15 is 0 Å². The summed E-state index contributed by atoms with van der Waals surface area (Å²) in [5, 5.41) is 0. The molecule has 2 rings (SSSR count). The van der Waals surface area contributed by atoms with Gasteiger partial charge in [-0.3, -0.25) is 4.90 Å². The molecule has 2 aliphatic rings. The summed E-state index contributed by atoms with van der Waals surface area (Å²) >= 11 is 0. The van der Waals surface area contributed by atoms with Gasteiger partial charge in [0.15, 0.2) is 0 Å². The van der Waals surface area contributed by atoms with E-state index in [1.165, 1.54) is 19.6 Å². The van der Waals surface area contributed by atoms with Crippen LogP contribution in [0.4, 0.5) is 0 Å². The van der Waals surface area contributed by atoms with Crippen LogP contribution < -0.4 is 0 Å². The summed E-state index contributed by atoms with van der Waals surface area (Å²) in [5.41, 5.74) is 0.373. The van der Waals surface area contributed by atoms with Gasteiger partial charge in [0.2, 0.25) is 0 Å². The fourth-order valence-electron chi connectivity index (χ4n) is 2.45. The maximum Gasteiger partial charge on any atom is 0.0273 e. The van der Waals surface area contributed by atoms with E-state index in [1.54, 1.807) is 0 Å². The van der Waals surface area contributed by atoms with Crippen LogP contribution in [0.1, 0.15) is 20.8 Å². The Morgan fingerprint density at radius 1 is 1.08 bits per heavy atom. The van der Waals surface area contributed by atoms with Gasteiger partial charge < -0.3 is 4.90 Å². The molecule has 0 bridgehead atoms. The molecule has 2 saturated heterocycles. The predicted octanol–water partition coefficient (Wildman–Crippen LogP) is 1.03. The smallest absolute Gasteiger partial charge is 0.0273 e. The molecule has 0 radical (unpaired) electrons. The third kappa shape index (κ3) is 1.17. The molecule has 0 aromatic rings. The van der Waals surface area contributed by atoms with E-state index in [1.807, 2.05) is 0 Å². The lowest BCUT2D eigenvalue weighted by atomic mass is 9.93. The quantitative estimate of drug-likeness (QED) is 0.533. The highest BCUT2D eigenvalue weighted by molar-refractivity contribution is 5.01. The zero-order valence-electron chi connectivity index (χ0n) is 8.67. The fourth-order valence-corrected chi connectivity index (χ4v) is 2.45. The number of hydrogen-bond acceptors (Lipinski definition) is 2. The highest BCUT2D eigenvalue weighted by Crippen LogP contribution is 2.34. The highest BCUT2D eigenvalue weighted by Gasteiger charge is 2.45. The predicted molar refractivity (Wildman–Crippen MR) is 51.2 cm³/mol. The third-order valence-electron chi connectivity index (χ3n) is 3.44. The van der Waals surface area contributed by atoms with E-state index in [0.717, 1.165) is 12.0 Å². The molecule has 2 nitrogen and oxygen atoms in total. The van der Waals surface area contributed by atoms with Crippen LogP contribution in [-0.4, -0.2) is 48.1 Å². The molecule has 2 heteroatoms. The van der Waals surface area contributed by atoms with Gasteiger partial charge >= 0.3 is 0 Å². The lowest BCUT2D eigenvalue weighted by Crippen LogP contribution is -2.53. The number of likely N-dealkylation sites (tertiary alicyclic amines) is 2. The van der Waals surface area contributed by atoms with Gasteiger partial charge in [0.25, 0.3) is 0 Å². The van der Waals surface area contributed by atoms with Crippen molar-refractivity contribution in [3.63, 3.8) is 0 Å². The van der Waals surface area contributed by atoms with E-state index in [4.69, 9.17) is 0 Å². The Labute approximate surface area is 75.5 Å². The SMILES string of the molecule is CN1C[C@@H]2CN(C(C)(C)C)C[C@@H]21.